The number of hydrogen-bond acceptors (Lipinski definition) is 2. The summed E-state index contributed by atoms with van der Waals surface area (Å²) in [5.74, 6) is 0.771. The normalized spacial score (nSPS) is 11.7. The van der Waals surface area contributed by atoms with Crippen LogP contribution in [0.5, 0.6) is 0 Å². The maximum atomic E-state index is 6.21. The van der Waals surface area contributed by atoms with Gasteiger partial charge in [-0.25, -0.2) is 4.99 Å². The summed E-state index contributed by atoms with van der Waals surface area (Å²) in [6.07, 6.45) is 0.900. The van der Waals surface area contributed by atoms with Gasteiger partial charge in [0, 0.05) is 35.9 Å². The number of rotatable bonds is 6. The molecule has 0 fully saturated rings. The minimum absolute atomic E-state index is 0.496. The molecule has 136 valence electrons. The van der Waals surface area contributed by atoms with Crippen molar-refractivity contribution in [2.75, 3.05) is 13.1 Å². The molecule has 1 aromatic carbocycles. The topological polar surface area (TPSA) is 54.2 Å². The second-order valence-electron chi connectivity index (χ2n) is 5.88. The van der Waals surface area contributed by atoms with Crippen LogP contribution in [-0.2, 0) is 20.0 Å². The molecule has 0 bridgehead atoms. The Morgan fingerprint density at radius 2 is 2.00 bits per heavy atom. The Morgan fingerprint density at radius 1 is 1.24 bits per heavy atom. The average Bonchev–Trinajstić information content (AvgIpc) is 2.80. The quantitative estimate of drug-likeness (QED) is 0.593. The molecule has 0 saturated carbocycles. The van der Waals surface area contributed by atoms with E-state index in [1.807, 2.05) is 37.7 Å². The Morgan fingerprint density at radius 3 is 2.60 bits per heavy atom. The fourth-order valence-corrected chi connectivity index (χ4v) is 3.11. The Bertz CT molecular complexity index is 752. The molecule has 0 spiro atoms. The van der Waals surface area contributed by atoms with Crippen molar-refractivity contribution >= 4 is 29.2 Å². The first-order chi connectivity index (χ1) is 11.9. The number of aromatic nitrogens is 2. The molecule has 0 saturated heterocycles. The summed E-state index contributed by atoms with van der Waals surface area (Å²) in [6, 6.07) is 5.47. The summed E-state index contributed by atoms with van der Waals surface area (Å²) in [5.41, 5.74) is 4.51. The summed E-state index contributed by atoms with van der Waals surface area (Å²) in [7, 11) is 1.97. The third-order valence-corrected chi connectivity index (χ3v) is 4.68. The molecule has 1 heterocycles. The summed E-state index contributed by atoms with van der Waals surface area (Å²) in [6.45, 7) is 8.26. The lowest BCUT2D eigenvalue weighted by Gasteiger charge is -2.12. The molecule has 2 rings (SSSR count). The van der Waals surface area contributed by atoms with Crippen molar-refractivity contribution in [3.63, 3.8) is 0 Å². The van der Waals surface area contributed by atoms with Crippen molar-refractivity contribution in [3.05, 3.63) is 50.8 Å². The maximum Gasteiger partial charge on any atom is 0.191 e. The molecular weight excluding hydrogens is 357 g/mol. The number of hydrogen-bond donors (Lipinski definition) is 2. The van der Waals surface area contributed by atoms with Gasteiger partial charge in [0.25, 0.3) is 0 Å². The summed E-state index contributed by atoms with van der Waals surface area (Å²) in [4.78, 5) is 4.60. The van der Waals surface area contributed by atoms with E-state index in [1.54, 1.807) is 6.07 Å². The number of nitrogens with zero attached hydrogens (tertiary/aromatic N) is 3. The van der Waals surface area contributed by atoms with Crippen molar-refractivity contribution in [2.45, 2.75) is 33.7 Å². The minimum Gasteiger partial charge on any atom is -0.357 e. The van der Waals surface area contributed by atoms with Crippen LogP contribution in [0.15, 0.2) is 23.2 Å². The monoisotopic (exact) mass is 381 g/mol. The van der Waals surface area contributed by atoms with Crippen LogP contribution in [-0.4, -0.2) is 28.8 Å². The van der Waals surface area contributed by atoms with Crippen LogP contribution in [0.1, 0.15) is 29.4 Å². The van der Waals surface area contributed by atoms with E-state index in [2.05, 4.69) is 27.6 Å². The third-order valence-electron chi connectivity index (χ3n) is 4.09. The first-order valence-corrected chi connectivity index (χ1v) is 9.13. The van der Waals surface area contributed by atoms with Crippen molar-refractivity contribution < 1.29 is 0 Å². The Kier molecular flexibility index (Phi) is 7.14. The number of guanidine groups is 1. The lowest BCUT2D eigenvalue weighted by Crippen LogP contribution is -2.38. The zero-order chi connectivity index (χ0) is 18.4. The van der Waals surface area contributed by atoms with Gasteiger partial charge < -0.3 is 10.6 Å². The highest BCUT2D eigenvalue weighted by Gasteiger charge is 2.09. The van der Waals surface area contributed by atoms with Crippen LogP contribution >= 0.6 is 23.2 Å². The molecule has 0 atom stereocenters. The second-order valence-corrected chi connectivity index (χ2v) is 6.72. The molecule has 0 aliphatic rings. The predicted molar refractivity (Wildman–Crippen MR) is 106 cm³/mol. The van der Waals surface area contributed by atoms with Gasteiger partial charge in [0.1, 0.15) is 0 Å². The van der Waals surface area contributed by atoms with Gasteiger partial charge in [0.05, 0.1) is 12.2 Å². The Labute approximate surface area is 159 Å². The largest absolute Gasteiger partial charge is 0.357 e. The van der Waals surface area contributed by atoms with Gasteiger partial charge in [0.15, 0.2) is 5.96 Å². The van der Waals surface area contributed by atoms with Crippen molar-refractivity contribution in [3.8, 4) is 0 Å². The van der Waals surface area contributed by atoms with Gasteiger partial charge in [-0.15, -0.1) is 0 Å². The van der Waals surface area contributed by atoms with Crippen molar-refractivity contribution in [1.82, 2.24) is 20.4 Å². The Balaban J connectivity index is 1.97. The summed E-state index contributed by atoms with van der Waals surface area (Å²) >= 11 is 12.1. The van der Waals surface area contributed by atoms with Crippen LogP contribution in [0.2, 0.25) is 10.0 Å². The number of aliphatic imine (C=N–C) groups is 1. The molecule has 0 amide bonds. The molecule has 2 N–H and O–H groups in total. The highest BCUT2D eigenvalue weighted by molar-refractivity contribution is 6.35. The smallest absolute Gasteiger partial charge is 0.191 e. The number of halogens is 2. The second kappa shape index (κ2) is 9.11. The van der Waals surface area contributed by atoms with Crippen LogP contribution in [0, 0.1) is 13.8 Å². The van der Waals surface area contributed by atoms with Gasteiger partial charge in [-0.1, -0.05) is 29.3 Å². The van der Waals surface area contributed by atoms with E-state index in [1.165, 1.54) is 11.3 Å². The van der Waals surface area contributed by atoms with E-state index in [4.69, 9.17) is 23.2 Å². The van der Waals surface area contributed by atoms with E-state index in [-0.39, 0.29) is 0 Å². The van der Waals surface area contributed by atoms with Gasteiger partial charge >= 0.3 is 0 Å². The van der Waals surface area contributed by atoms with Crippen molar-refractivity contribution in [2.24, 2.45) is 12.0 Å². The molecule has 0 unspecified atom stereocenters. The summed E-state index contributed by atoms with van der Waals surface area (Å²) < 4.78 is 1.92. The fourth-order valence-electron chi connectivity index (χ4n) is 2.64. The van der Waals surface area contributed by atoms with Crippen LogP contribution < -0.4 is 10.6 Å². The lowest BCUT2D eigenvalue weighted by atomic mass is 10.1. The predicted octanol–water partition coefficient (Wildman–Crippen LogP) is 3.64. The zero-order valence-corrected chi connectivity index (χ0v) is 16.7. The zero-order valence-electron chi connectivity index (χ0n) is 15.2. The van der Waals surface area contributed by atoms with E-state index in [0.29, 0.717) is 16.6 Å². The van der Waals surface area contributed by atoms with Crippen LogP contribution in [0.3, 0.4) is 0 Å². The molecule has 5 nitrogen and oxygen atoms in total. The number of nitrogens with one attached hydrogen (secondary N) is 2. The van der Waals surface area contributed by atoms with Gasteiger partial charge in [-0.2, -0.15) is 5.10 Å². The van der Waals surface area contributed by atoms with Crippen LogP contribution in [0.4, 0.5) is 0 Å². The number of benzene rings is 1. The molecule has 0 radical (unpaired) electrons. The highest BCUT2D eigenvalue weighted by atomic mass is 35.5. The van der Waals surface area contributed by atoms with Gasteiger partial charge in [-0.3, -0.25) is 4.68 Å². The van der Waals surface area contributed by atoms with E-state index in [0.717, 1.165) is 36.7 Å². The fraction of sp³-hybridized carbons (Fsp3) is 0.444. The first kappa shape index (κ1) is 19.6. The molecule has 1 aromatic heterocycles. The van der Waals surface area contributed by atoms with Gasteiger partial charge in [-0.05, 0) is 50.5 Å². The van der Waals surface area contributed by atoms with Crippen LogP contribution in [0.25, 0.3) is 0 Å². The minimum atomic E-state index is 0.496. The molecule has 0 aliphatic heterocycles. The van der Waals surface area contributed by atoms with Crippen molar-refractivity contribution in [1.29, 1.82) is 0 Å². The Hall–Kier alpha value is -1.72. The number of aryl methyl sites for hydroxylation is 2. The summed E-state index contributed by atoms with van der Waals surface area (Å²) in [5, 5.41) is 12.3. The third kappa shape index (κ3) is 5.38. The van der Waals surface area contributed by atoms with Gasteiger partial charge in [0.2, 0.25) is 0 Å². The average molecular weight is 382 g/mol. The molecule has 2 aromatic rings. The molecule has 25 heavy (non-hydrogen) atoms. The lowest BCUT2D eigenvalue weighted by molar-refractivity contribution is 0.729. The standard InChI is InChI=1S/C18H25Cl2N5/c1-5-21-18(23-11-14-6-7-15(19)10-17(14)20)22-9-8-16-12(2)24-25(4)13(16)3/h6-7,10H,5,8-9,11H2,1-4H3,(H2,21,22,23). The van der Waals surface area contributed by atoms with E-state index >= 15 is 0 Å². The molecule has 0 aliphatic carbocycles. The van der Waals surface area contributed by atoms with E-state index < -0.39 is 0 Å². The highest BCUT2D eigenvalue weighted by Crippen LogP contribution is 2.21. The molecular formula is C18H25Cl2N5. The van der Waals surface area contributed by atoms with E-state index in [9.17, 15) is 0 Å². The molecule has 7 heteroatoms. The maximum absolute atomic E-state index is 6.21. The first-order valence-electron chi connectivity index (χ1n) is 8.37. The SMILES string of the molecule is CCNC(=NCc1ccc(Cl)cc1Cl)NCCc1c(C)nn(C)c1C.